The molecule has 5 heterocycles. The summed E-state index contributed by atoms with van der Waals surface area (Å²) in [6.07, 6.45) is 6.79. The van der Waals surface area contributed by atoms with E-state index in [0.717, 1.165) is 41.1 Å². The van der Waals surface area contributed by atoms with Gasteiger partial charge in [-0.25, -0.2) is 15.0 Å². The second kappa shape index (κ2) is 7.06. The number of hydrogen-bond donors (Lipinski definition) is 2. The number of H-pyrrole nitrogens is 1. The molecule has 6 rings (SSSR count). The Morgan fingerprint density at radius 1 is 1.06 bits per heavy atom. The van der Waals surface area contributed by atoms with Crippen LogP contribution in [0.4, 0.5) is 17.3 Å². The van der Waals surface area contributed by atoms with Gasteiger partial charge in [0.05, 0.1) is 5.69 Å². The van der Waals surface area contributed by atoms with Crippen LogP contribution in [0, 0.1) is 6.92 Å². The molecule has 0 saturated carbocycles. The average Bonchev–Trinajstić information content (AvgIpc) is 3.49. The summed E-state index contributed by atoms with van der Waals surface area (Å²) >= 11 is 0. The zero-order valence-corrected chi connectivity index (χ0v) is 17.7. The summed E-state index contributed by atoms with van der Waals surface area (Å²) in [6, 6.07) is 13.9. The minimum atomic E-state index is 0.584. The SMILES string of the molecule is Cc1cc(Nc2nccc(-c3cnc4[nH]ccc4c3)n2)ccc1N1CC2CC1CN2C. The first-order valence-corrected chi connectivity index (χ1v) is 10.8. The molecule has 2 aliphatic rings. The monoisotopic (exact) mass is 411 g/mol. The third kappa shape index (κ3) is 3.21. The van der Waals surface area contributed by atoms with Crippen molar-refractivity contribution in [1.29, 1.82) is 0 Å². The van der Waals surface area contributed by atoms with Crippen molar-refractivity contribution in [3.8, 4) is 11.3 Å². The lowest BCUT2D eigenvalue weighted by Gasteiger charge is -2.34. The van der Waals surface area contributed by atoms with Crippen LogP contribution in [0.5, 0.6) is 0 Å². The van der Waals surface area contributed by atoms with Crippen LogP contribution < -0.4 is 10.2 Å². The van der Waals surface area contributed by atoms with Crippen molar-refractivity contribution >= 4 is 28.4 Å². The number of nitrogens with zero attached hydrogens (tertiary/aromatic N) is 5. The van der Waals surface area contributed by atoms with Crippen LogP contribution in [-0.4, -0.2) is 57.1 Å². The Morgan fingerprint density at radius 3 is 2.81 bits per heavy atom. The average molecular weight is 412 g/mol. The maximum atomic E-state index is 4.71. The number of aromatic amines is 1. The first-order valence-electron chi connectivity index (χ1n) is 10.8. The summed E-state index contributed by atoms with van der Waals surface area (Å²) in [6.45, 7) is 4.47. The van der Waals surface area contributed by atoms with Gasteiger partial charge in [0, 0.05) is 66.1 Å². The molecule has 0 aliphatic carbocycles. The minimum Gasteiger partial charge on any atom is -0.365 e. The second-order valence-corrected chi connectivity index (χ2v) is 8.67. The number of anilines is 3. The Bertz CT molecular complexity index is 1260. The van der Waals surface area contributed by atoms with Crippen LogP contribution in [0.3, 0.4) is 0 Å². The van der Waals surface area contributed by atoms with Gasteiger partial charge in [-0.3, -0.25) is 4.90 Å². The lowest BCUT2D eigenvalue weighted by molar-refractivity contribution is 0.292. The Labute approximate surface area is 181 Å². The van der Waals surface area contributed by atoms with Gasteiger partial charge in [-0.2, -0.15) is 0 Å². The number of likely N-dealkylation sites (tertiary alicyclic amines) is 1. The lowest BCUT2D eigenvalue weighted by Crippen LogP contribution is -2.44. The molecule has 2 saturated heterocycles. The molecule has 31 heavy (non-hydrogen) atoms. The molecule has 7 heteroatoms. The normalized spacial score (nSPS) is 20.6. The fraction of sp³-hybridized carbons (Fsp3) is 0.292. The Hall–Kier alpha value is -3.45. The Morgan fingerprint density at radius 2 is 2.00 bits per heavy atom. The maximum Gasteiger partial charge on any atom is 0.227 e. The van der Waals surface area contributed by atoms with Crippen molar-refractivity contribution in [3.63, 3.8) is 0 Å². The van der Waals surface area contributed by atoms with Gasteiger partial charge in [-0.05, 0) is 62.4 Å². The van der Waals surface area contributed by atoms with E-state index in [2.05, 4.69) is 68.3 Å². The zero-order valence-electron chi connectivity index (χ0n) is 17.7. The fourth-order valence-corrected chi connectivity index (χ4v) is 5.01. The second-order valence-electron chi connectivity index (χ2n) is 8.67. The standard InChI is InChI=1S/C24H25N7/c1-15-9-18(3-4-22(15)31-14-19-11-20(31)13-30(19)2)28-24-26-8-6-21(29-24)17-10-16-5-7-25-23(16)27-12-17/h3-10,12,19-20H,11,13-14H2,1-2H3,(H,25,27)(H,26,28,29). The number of nitrogens with one attached hydrogen (secondary N) is 2. The predicted octanol–water partition coefficient (Wildman–Crippen LogP) is 3.96. The summed E-state index contributed by atoms with van der Waals surface area (Å²) in [7, 11) is 2.24. The van der Waals surface area contributed by atoms with Gasteiger partial charge in [-0.1, -0.05) is 0 Å². The predicted molar refractivity (Wildman–Crippen MR) is 124 cm³/mol. The Kier molecular flexibility index (Phi) is 4.17. The van der Waals surface area contributed by atoms with Gasteiger partial charge in [0.15, 0.2) is 0 Å². The summed E-state index contributed by atoms with van der Waals surface area (Å²) in [5.74, 6) is 0.584. The molecular formula is C24H25N7. The van der Waals surface area contributed by atoms with E-state index in [9.17, 15) is 0 Å². The van der Waals surface area contributed by atoms with Crippen LogP contribution in [-0.2, 0) is 0 Å². The number of rotatable bonds is 4. The van der Waals surface area contributed by atoms with Crippen molar-refractivity contribution in [1.82, 2.24) is 24.8 Å². The van der Waals surface area contributed by atoms with E-state index in [-0.39, 0.29) is 0 Å². The van der Waals surface area contributed by atoms with Crippen molar-refractivity contribution in [3.05, 3.63) is 60.6 Å². The van der Waals surface area contributed by atoms with E-state index >= 15 is 0 Å². The third-order valence-electron chi connectivity index (χ3n) is 6.63. The first kappa shape index (κ1) is 18.3. The molecule has 3 aromatic heterocycles. The van der Waals surface area contributed by atoms with Gasteiger partial charge in [0.1, 0.15) is 5.65 Å². The highest BCUT2D eigenvalue weighted by Gasteiger charge is 2.41. The van der Waals surface area contributed by atoms with Gasteiger partial charge in [0.2, 0.25) is 5.95 Å². The first-order chi connectivity index (χ1) is 15.1. The number of hydrogen-bond acceptors (Lipinski definition) is 6. The number of fused-ring (bicyclic) bond motifs is 3. The van der Waals surface area contributed by atoms with Crippen molar-refractivity contribution in [2.24, 2.45) is 0 Å². The van der Waals surface area contributed by atoms with Crippen molar-refractivity contribution in [2.45, 2.75) is 25.4 Å². The number of aryl methyl sites for hydroxylation is 1. The summed E-state index contributed by atoms with van der Waals surface area (Å²) in [5.41, 5.74) is 6.31. The zero-order chi connectivity index (χ0) is 20.9. The summed E-state index contributed by atoms with van der Waals surface area (Å²) < 4.78 is 0. The van der Waals surface area contributed by atoms with E-state index in [1.54, 1.807) is 6.20 Å². The highest BCUT2D eigenvalue weighted by Crippen LogP contribution is 2.36. The van der Waals surface area contributed by atoms with Crippen molar-refractivity contribution < 1.29 is 0 Å². The molecule has 0 radical (unpaired) electrons. The molecule has 2 unspecified atom stereocenters. The van der Waals surface area contributed by atoms with Gasteiger partial charge >= 0.3 is 0 Å². The Balaban J connectivity index is 1.23. The van der Waals surface area contributed by atoms with E-state index in [4.69, 9.17) is 4.98 Å². The highest BCUT2D eigenvalue weighted by molar-refractivity contribution is 5.80. The summed E-state index contributed by atoms with van der Waals surface area (Å²) in [5, 5.41) is 4.44. The van der Waals surface area contributed by atoms with Crippen LogP contribution in [0.2, 0.25) is 0 Å². The molecule has 2 N–H and O–H groups in total. The number of aromatic nitrogens is 4. The minimum absolute atomic E-state index is 0.584. The lowest BCUT2D eigenvalue weighted by atomic mass is 10.1. The van der Waals surface area contributed by atoms with Gasteiger partial charge < -0.3 is 15.2 Å². The number of pyridine rings is 1. The molecule has 0 amide bonds. The molecule has 4 aromatic rings. The van der Waals surface area contributed by atoms with Gasteiger partial charge in [-0.15, -0.1) is 0 Å². The fourth-order valence-electron chi connectivity index (χ4n) is 5.01. The van der Waals surface area contributed by atoms with Crippen LogP contribution in [0.25, 0.3) is 22.3 Å². The maximum absolute atomic E-state index is 4.71. The van der Waals surface area contributed by atoms with E-state index in [1.165, 1.54) is 17.7 Å². The molecular weight excluding hydrogens is 386 g/mol. The van der Waals surface area contributed by atoms with Crippen LogP contribution in [0.1, 0.15) is 12.0 Å². The number of likely N-dealkylation sites (N-methyl/N-ethyl adjacent to an activating group) is 1. The van der Waals surface area contributed by atoms with Crippen LogP contribution >= 0.6 is 0 Å². The highest BCUT2D eigenvalue weighted by atomic mass is 15.3. The molecule has 156 valence electrons. The smallest absolute Gasteiger partial charge is 0.227 e. The topological polar surface area (TPSA) is 73.0 Å². The van der Waals surface area contributed by atoms with E-state index in [1.807, 2.05) is 24.5 Å². The molecule has 2 aliphatic heterocycles. The largest absolute Gasteiger partial charge is 0.365 e. The quantitative estimate of drug-likeness (QED) is 0.530. The molecule has 7 nitrogen and oxygen atoms in total. The number of piperazine rings is 1. The molecule has 2 bridgehead atoms. The van der Waals surface area contributed by atoms with Gasteiger partial charge in [0.25, 0.3) is 0 Å². The summed E-state index contributed by atoms with van der Waals surface area (Å²) in [4.78, 5) is 21.8. The molecule has 1 aromatic carbocycles. The third-order valence-corrected chi connectivity index (χ3v) is 6.63. The molecule has 2 atom stereocenters. The van der Waals surface area contributed by atoms with Crippen molar-refractivity contribution in [2.75, 3.05) is 30.4 Å². The van der Waals surface area contributed by atoms with Crippen LogP contribution in [0.15, 0.2) is 55.0 Å². The van der Waals surface area contributed by atoms with E-state index in [0.29, 0.717) is 18.0 Å². The molecule has 0 spiro atoms. The number of benzene rings is 1. The molecule has 2 fully saturated rings. The van der Waals surface area contributed by atoms with E-state index < -0.39 is 0 Å².